The summed E-state index contributed by atoms with van der Waals surface area (Å²) in [4.78, 5) is 35.4. The van der Waals surface area contributed by atoms with Crippen LogP contribution in [0.5, 0.6) is 0 Å². The molecule has 0 saturated heterocycles. The Labute approximate surface area is 179 Å². The van der Waals surface area contributed by atoms with Gasteiger partial charge in [0.25, 0.3) is 5.91 Å². The number of hydrogen-bond donors (Lipinski definition) is 1. The van der Waals surface area contributed by atoms with E-state index in [9.17, 15) is 14.0 Å². The van der Waals surface area contributed by atoms with Crippen molar-refractivity contribution < 1.29 is 18.7 Å². The van der Waals surface area contributed by atoms with Crippen molar-refractivity contribution >= 4 is 28.4 Å². The van der Waals surface area contributed by atoms with Gasteiger partial charge in [-0.05, 0) is 49.7 Å². The van der Waals surface area contributed by atoms with Crippen LogP contribution in [0.15, 0.2) is 48.9 Å². The number of H-pyrrole nitrogens is 1. The van der Waals surface area contributed by atoms with Gasteiger partial charge >= 0.3 is 5.97 Å². The summed E-state index contributed by atoms with van der Waals surface area (Å²) in [5.74, 6) is -1.26. The fourth-order valence-corrected chi connectivity index (χ4v) is 4.03. The molecule has 0 radical (unpaired) electrons. The van der Waals surface area contributed by atoms with Crippen LogP contribution in [0, 0.1) is 5.82 Å². The Kier molecular flexibility index (Phi) is 5.13. The van der Waals surface area contributed by atoms with Gasteiger partial charge in [-0.15, -0.1) is 0 Å². The molecule has 3 heterocycles. The normalized spacial score (nSPS) is 15.4. The summed E-state index contributed by atoms with van der Waals surface area (Å²) in [6.07, 6.45) is 4.66. The first-order valence-electron chi connectivity index (χ1n) is 10.1. The smallest absolute Gasteiger partial charge is 0.342 e. The number of nitrogens with zero attached hydrogens (tertiary/aromatic N) is 2. The van der Waals surface area contributed by atoms with Gasteiger partial charge in [-0.25, -0.2) is 9.18 Å². The molecule has 1 aliphatic heterocycles. The molecular formula is C24H24FN3O3. The van der Waals surface area contributed by atoms with Gasteiger partial charge < -0.3 is 14.6 Å². The molecule has 0 atom stereocenters. The summed E-state index contributed by atoms with van der Waals surface area (Å²) >= 11 is 0. The number of nitrogens with one attached hydrogen (secondary N) is 1. The van der Waals surface area contributed by atoms with Gasteiger partial charge in [0, 0.05) is 47.0 Å². The van der Waals surface area contributed by atoms with Crippen LogP contribution in [0.2, 0.25) is 0 Å². The largest absolute Gasteiger partial charge is 0.459 e. The van der Waals surface area contributed by atoms with E-state index in [1.165, 1.54) is 35.4 Å². The predicted molar refractivity (Wildman–Crippen MR) is 116 cm³/mol. The van der Waals surface area contributed by atoms with E-state index in [4.69, 9.17) is 4.74 Å². The summed E-state index contributed by atoms with van der Waals surface area (Å²) in [6.45, 7) is 7.90. The van der Waals surface area contributed by atoms with Crippen LogP contribution in [-0.2, 0) is 14.9 Å². The minimum absolute atomic E-state index is 0.265. The molecule has 1 N–H and O–H groups in total. The third-order valence-electron chi connectivity index (χ3n) is 5.31. The van der Waals surface area contributed by atoms with Crippen LogP contribution in [0.3, 0.4) is 0 Å². The van der Waals surface area contributed by atoms with Crippen LogP contribution in [0.4, 0.5) is 4.39 Å². The van der Waals surface area contributed by atoms with E-state index >= 15 is 0 Å². The molecule has 31 heavy (non-hydrogen) atoms. The Morgan fingerprint density at radius 2 is 1.90 bits per heavy atom. The highest BCUT2D eigenvalue weighted by Gasteiger charge is 2.37. The first-order chi connectivity index (χ1) is 14.7. The third kappa shape index (κ3) is 3.83. The summed E-state index contributed by atoms with van der Waals surface area (Å²) in [5.41, 5.74) is 2.46. The van der Waals surface area contributed by atoms with Crippen LogP contribution in [0.25, 0.3) is 16.5 Å². The highest BCUT2D eigenvalue weighted by molar-refractivity contribution is 6.18. The summed E-state index contributed by atoms with van der Waals surface area (Å²) in [7, 11) is 0. The fourth-order valence-electron chi connectivity index (χ4n) is 4.03. The molecule has 0 saturated carbocycles. The van der Waals surface area contributed by atoms with Crippen LogP contribution >= 0.6 is 0 Å². The van der Waals surface area contributed by atoms with Gasteiger partial charge in [0.1, 0.15) is 5.82 Å². The Morgan fingerprint density at radius 3 is 2.58 bits per heavy atom. The lowest BCUT2D eigenvalue weighted by atomic mass is 9.82. The van der Waals surface area contributed by atoms with E-state index in [1.807, 2.05) is 19.9 Å². The Bertz CT molecular complexity index is 1190. The number of rotatable bonds is 3. The summed E-state index contributed by atoms with van der Waals surface area (Å²) in [5, 5.41) is 0.891. The average Bonchev–Trinajstić information content (AvgIpc) is 3.05. The molecule has 0 bridgehead atoms. The van der Waals surface area contributed by atoms with Crippen molar-refractivity contribution in [3.63, 3.8) is 0 Å². The maximum absolute atomic E-state index is 13.3. The number of amides is 1. The van der Waals surface area contributed by atoms with E-state index in [2.05, 4.69) is 9.97 Å². The molecule has 6 nitrogen and oxygen atoms in total. The van der Waals surface area contributed by atoms with Crippen LogP contribution in [-0.4, -0.2) is 39.4 Å². The zero-order valence-electron chi connectivity index (χ0n) is 17.9. The number of fused-ring (bicyclic) bond motifs is 3. The van der Waals surface area contributed by atoms with Gasteiger partial charge in [0.05, 0.1) is 17.4 Å². The van der Waals surface area contributed by atoms with Gasteiger partial charge in [-0.2, -0.15) is 0 Å². The SMILES string of the molecule is CC(C)OC(=O)C1=CN(C(=O)c2ccc(F)cc2)CC(C)(C)c2c1[nH]c1ccncc21. The van der Waals surface area contributed by atoms with Crippen molar-refractivity contribution in [3.05, 3.63) is 71.6 Å². The molecule has 0 fully saturated rings. The molecule has 3 aromatic rings. The number of aromatic amines is 1. The molecular weight excluding hydrogens is 397 g/mol. The van der Waals surface area contributed by atoms with E-state index in [0.717, 1.165) is 16.5 Å². The Morgan fingerprint density at radius 1 is 1.19 bits per heavy atom. The molecule has 0 aliphatic carbocycles. The standard InChI is InChI=1S/C24H24FN3O3/c1-14(2)31-23(30)18-12-28(22(29)15-5-7-16(25)8-6-15)13-24(3,4)20-17-11-26-10-9-19(17)27-21(18)20/h5-12,14,27H,13H2,1-4H3. The first kappa shape index (κ1) is 20.8. The van der Waals surface area contributed by atoms with E-state index < -0.39 is 17.2 Å². The molecule has 0 spiro atoms. The number of carbonyl (C=O) groups is 2. The average molecular weight is 421 g/mol. The number of esters is 1. The van der Waals surface area contributed by atoms with Gasteiger partial charge in [0.15, 0.2) is 0 Å². The van der Waals surface area contributed by atoms with Gasteiger partial charge in [-0.3, -0.25) is 9.78 Å². The minimum atomic E-state index is -0.523. The lowest BCUT2D eigenvalue weighted by Gasteiger charge is -2.29. The van der Waals surface area contributed by atoms with Crippen molar-refractivity contribution in [2.75, 3.05) is 6.54 Å². The van der Waals surface area contributed by atoms with E-state index in [1.54, 1.807) is 26.2 Å². The zero-order chi connectivity index (χ0) is 22.3. The number of hydrogen-bond acceptors (Lipinski definition) is 4. The van der Waals surface area contributed by atoms with Crippen molar-refractivity contribution in [1.29, 1.82) is 0 Å². The molecule has 1 aliphatic rings. The van der Waals surface area contributed by atoms with E-state index in [0.29, 0.717) is 17.8 Å². The molecule has 2 aromatic heterocycles. The Balaban J connectivity index is 1.89. The Hall–Kier alpha value is -3.48. The maximum atomic E-state index is 13.3. The lowest BCUT2D eigenvalue weighted by Crippen LogP contribution is -2.37. The zero-order valence-corrected chi connectivity index (χ0v) is 17.9. The predicted octanol–water partition coefficient (Wildman–Crippen LogP) is 4.43. The highest BCUT2D eigenvalue weighted by Crippen LogP contribution is 2.40. The first-order valence-corrected chi connectivity index (χ1v) is 10.1. The third-order valence-corrected chi connectivity index (χ3v) is 5.31. The second-order valence-corrected chi connectivity index (χ2v) is 8.62. The quantitative estimate of drug-likeness (QED) is 0.635. The second-order valence-electron chi connectivity index (χ2n) is 8.62. The van der Waals surface area contributed by atoms with Crippen molar-refractivity contribution in [2.45, 2.75) is 39.2 Å². The second kappa shape index (κ2) is 7.65. The van der Waals surface area contributed by atoms with Crippen LogP contribution in [0.1, 0.15) is 49.3 Å². The number of ether oxygens (including phenoxy) is 1. The molecule has 7 heteroatoms. The van der Waals surface area contributed by atoms with Crippen molar-refractivity contribution in [1.82, 2.24) is 14.9 Å². The topological polar surface area (TPSA) is 75.3 Å². The molecule has 1 aromatic carbocycles. The lowest BCUT2D eigenvalue weighted by molar-refractivity contribution is -0.140. The van der Waals surface area contributed by atoms with Gasteiger partial charge in [-0.1, -0.05) is 13.8 Å². The number of pyridine rings is 1. The number of benzene rings is 1. The maximum Gasteiger partial charge on any atom is 0.342 e. The number of carbonyl (C=O) groups excluding carboxylic acids is 2. The molecule has 0 unspecified atom stereocenters. The van der Waals surface area contributed by atoms with E-state index in [-0.39, 0.29) is 17.6 Å². The van der Waals surface area contributed by atoms with Crippen LogP contribution < -0.4 is 0 Å². The van der Waals surface area contributed by atoms with Crippen molar-refractivity contribution in [3.8, 4) is 0 Å². The minimum Gasteiger partial charge on any atom is -0.459 e. The summed E-state index contributed by atoms with van der Waals surface area (Å²) in [6, 6.07) is 7.22. The monoisotopic (exact) mass is 421 g/mol. The number of aromatic nitrogens is 2. The fraction of sp³-hybridized carbons (Fsp3) is 0.292. The van der Waals surface area contributed by atoms with Crippen molar-refractivity contribution in [2.24, 2.45) is 0 Å². The molecule has 1 amide bonds. The summed E-state index contributed by atoms with van der Waals surface area (Å²) < 4.78 is 18.8. The highest BCUT2D eigenvalue weighted by atomic mass is 19.1. The molecule has 4 rings (SSSR count). The number of halogens is 1. The van der Waals surface area contributed by atoms with Gasteiger partial charge in [0.2, 0.25) is 0 Å². The molecule has 160 valence electrons.